The van der Waals surface area contributed by atoms with Crippen molar-refractivity contribution in [2.45, 2.75) is 0 Å². The van der Waals surface area contributed by atoms with Crippen molar-refractivity contribution in [1.82, 2.24) is 0 Å². The van der Waals surface area contributed by atoms with Gasteiger partial charge in [-0.1, -0.05) is 6.58 Å². The quantitative estimate of drug-likeness (QED) is 0.376. The van der Waals surface area contributed by atoms with E-state index in [-0.39, 0.29) is 0 Å². The predicted molar refractivity (Wildman–Crippen MR) is 36.9 cm³/mol. The van der Waals surface area contributed by atoms with Crippen molar-refractivity contribution in [1.29, 1.82) is 0 Å². The molecule has 0 aliphatic carbocycles. The van der Waals surface area contributed by atoms with Crippen LogP contribution in [0.5, 0.6) is 0 Å². The first-order valence-electron chi connectivity index (χ1n) is 2.54. The minimum Gasteiger partial charge on any atom is -0.452 e. The summed E-state index contributed by atoms with van der Waals surface area (Å²) >= 11 is 0. The summed E-state index contributed by atoms with van der Waals surface area (Å²) in [6, 6.07) is 0. The van der Waals surface area contributed by atoms with Gasteiger partial charge in [0.05, 0.1) is 0 Å². The molecule has 0 heterocycles. The smallest absolute Gasteiger partial charge is 0.330 e. The van der Waals surface area contributed by atoms with Gasteiger partial charge in [-0.3, -0.25) is 4.57 Å². The summed E-state index contributed by atoms with van der Waals surface area (Å²) in [5.41, 5.74) is 0. The molecule has 58 valence electrons. The molecule has 0 radical (unpaired) electrons. The summed E-state index contributed by atoms with van der Waals surface area (Å²) in [5.74, 6) is -0.684. The van der Waals surface area contributed by atoms with E-state index in [2.05, 4.69) is 11.3 Å². The number of carbonyl (C=O) groups is 1. The average molecular weight is 164 g/mol. The van der Waals surface area contributed by atoms with Gasteiger partial charge in [-0.05, 0) is 0 Å². The Bertz CT molecular complexity index is 180. The highest BCUT2D eigenvalue weighted by molar-refractivity contribution is 7.56. The lowest BCUT2D eigenvalue weighted by atomic mass is 10.7. The monoisotopic (exact) mass is 164 g/mol. The summed E-state index contributed by atoms with van der Waals surface area (Å²) in [5, 5.41) is 0. The lowest BCUT2D eigenvalue weighted by Crippen LogP contribution is -2.01. The zero-order chi connectivity index (χ0) is 8.20. The van der Waals surface area contributed by atoms with Crippen LogP contribution in [0.3, 0.4) is 0 Å². The second-order valence-corrected chi connectivity index (χ2v) is 4.21. The predicted octanol–water partition coefficient (Wildman–Crippen LogP) is 0.573. The Hall–Kier alpha value is -0.600. The Morgan fingerprint density at radius 3 is 2.70 bits per heavy atom. The van der Waals surface area contributed by atoms with E-state index in [9.17, 15) is 9.36 Å². The number of hydrogen-bond acceptors (Lipinski definition) is 3. The summed E-state index contributed by atoms with van der Waals surface area (Å²) in [4.78, 5) is 18.9. The molecule has 10 heavy (non-hydrogen) atoms. The second kappa shape index (κ2) is 3.54. The topological polar surface area (TPSA) is 63.6 Å². The van der Waals surface area contributed by atoms with Gasteiger partial charge in [0.25, 0.3) is 0 Å². The standard InChI is InChI=1S/C5H9O4P/c1-3-5(6)9-4-10(2,7)8/h3H,1,4H2,2H3,(H,7,8). The van der Waals surface area contributed by atoms with Crippen molar-refractivity contribution < 1.29 is 19.0 Å². The van der Waals surface area contributed by atoms with Gasteiger partial charge in [0.15, 0.2) is 6.35 Å². The minimum absolute atomic E-state index is 0.447. The number of esters is 1. The van der Waals surface area contributed by atoms with E-state index in [4.69, 9.17) is 4.89 Å². The SMILES string of the molecule is C=CC(=O)OCP(C)(=O)O. The van der Waals surface area contributed by atoms with E-state index in [1.54, 1.807) is 0 Å². The normalized spacial score (nSPS) is 15.4. The molecular formula is C5H9O4P. The van der Waals surface area contributed by atoms with E-state index < -0.39 is 19.7 Å². The molecule has 0 aromatic heterocycles. The first kappa shape index (κ1) is 9.40. The fraction of sp³-hybridized carbons (Fsp3) is 0.400. The molecule has 1 atom stereocenters. The fourth-order valence-corrected chi connectivity index (χ4v) is 0.609. The largest absolute Gasteiger partial charge is 0.452 e. The van der Waals surface area contributed by atoms with Crippen LogP contribution in [0.25, 0.3) is 0 Å². The van der Waals surface area contributed by atoms with Crippen molar-refractivity contribution in [2.75, 3.05) is 13.0 Å². The number of ether oxygens (including phenoxy) is 1. The summed E-state index contributed by atoms with van der Waals surface area (Å²) in [6.45, 7) is 4.23. The van der Waals surface area contributed by atoms with Crippen LogP contribution in [-0.4, -0.2) is 23.9 Å². The number of carbonyl (C=O) groups excluding carboxylic acids is 1. The van der Waals surface area contributed by atoms with Crippen molar-refractivity contribution in [3.63, 3.8) is 0 Å². The first-order valence-corrected chi connectivity index (χ1v) is 4.83. The minimum atomic E-state index is -3.22. The maximum atomic E-state index is 10.5. The highest BCUT2D eigenvalue weighted by Gasteiger charge is 2.11. The van der Waals surface area contributed by atoms with E-state index >= 15 is 0 Å². The Balaban J connectivity index is 3.66. The average Bonchev–Trinajstić information content (AvgIpc) is 1.81. The third-order valence-electron chi connectivity index (χ3n) is 0.613. The molecule has 0 saturated carbocycles. The molecule has 1 unspecified atom stereocenters. The lowest BCUT2D eigenvalue weighted by molar-refractivity contribution is -0.136. The molecule has 0 rings (SSSR count). The van der Waals surface area contributed by atoms with Gasteiger partial charge >= 0.3 is 5.97 Å². The highest BCUT2D eigenvalue weighted by Crippen LogP contribution is 2.34. The van der Waals surface area contributed by atoms with Crippen molar-refractivity contribution in [3.8, 4) is 0 Å². The van der Waals surface area contributed by atoms with Crippen LogP contribution >= 0.6 is 7.37 Å². The third kappa shape index (κ3) is 5.54. The summed E-state index contributed by atoms with van der Waals surface area (Å²) in [6.07, 6.45) is 0.494. The zero-order valence-electron chi connectivity index (χ0n) is 5.61. The molecule has 1 N–H and O–H groups in total. The first-order chi connectivity index (χ1) is 4.45. The summed E-state index contributed by atoms with van der Waals surface area (Å²) < 4.78 is 14.8. The van der Waals surface area contributed by atoms with Crippen LogP contribution in [0.1, 0.15) is 0 Å². The molecule has 0 aliphatic heterocycles. The van der Waals surface area contributed by atoms with E-state index in [1.807, 2.05) is 0 Å². The van der Waals surface area contributed by atoms with Crippen LogP contribution in [0, 0.1) is 0 Å². The van der Waals surface area contributed by atoms with E-state index in [1.165, 1.54) is 0 Å². The molecule has 4 nitrogen and oxygen atoms in total. The van der Waals surface area contributed by atoms with Crippen LogP contribution in [0.4, 0.5) is 0 Å². The molecule has 0 aliphatic rings. The van der Waals surface area contributed by atoms with Crippen molar-refractivity contribution in [3.05, 3.63) is 12.7 Å². The molecule has 0 amide bonds. The van der Waals surface area contributed by atoms with Gasteiger partial charge in [-0.15, -0.1) is 0 Å². The molecule has 0 aromatic rings. The molecule has 0 aromatic carbocycles. The number of rotatable bonds is 3. The Morgan fingerprint density at radius 2 is 2.40 bits per heavy atom. The third-order valence-corrected chi connectivity index (χ3v) is 1.22. The Labute approximate surface area is 59.0 Å². The van der Waals surface area contributed by atoms with Gasteiger partial charge in [0.2, 0.25) is 7.37 Å². The van der Waals surface area contributed by atoms with E-state index in [0.717, 1.165) is 12.7 Å². The van der Waals surface area contributed by atoms with Crippen LogP contribution < -0.4 is 0 Å². The highest BCUT2D eigenvalue weighted by atomic mass is 31.2. The molecule has 0 fully saturated rings. The molecule has 0 saturated heterocycles. The maximum Gasteiger partial charge on any atom is 0.330 e. The van der Waals surface area contributed by atoms with Crippen LogP contribution in [0.15, 0.2) is 12.7 Å². The zero-order valence-corrected chi connectivity index (χ0v) is 6.51. The molecule has 0 bridgehead atoms. The lowest BCUT2D eigenvalue weighted by Gasteiger charge is -2.03. The summed E-state index contributed by atoms with van der Waals surface area (Å²) in [7, 11) is -3.22. The van der Waals surface area contributed by atoms with Gasteiger partial charge in [-0.2, -0.15) is 0 Å². The van der Waals surface area contributed by atoms with Gasteiger partial charge < -0.3 is 9.63 Å². The van der Waals surface area contributed by atoms with Crippen LogP contribution in [-0.2, 0) is 14.1 Å². The maximum absolute atomic E-state index is 10.5. The second-order valence-electron chi connectivity index (χ2n) is 1.85. The van der Waals surface area contributed by atoms with E-state index in [0.29, 0.717) is 0 Å². The Morgan fingerprint density at radius 1 is 1.90 bits per heavy atom. The number of hydrogen-bond donors (Lipinski definition) is 1. The molecule has 0 spiro atoms. The van der Waals surface area contributed by atoms with Gasteiger partial charge in [0, 0.05) is 12.7 Å². The van der Waals surface area contributed by atoms with Gasteiger partial charge in [-0.25, -0.2) is 4.79 Å². The molecule has 5 heteroatoms. The van der Waals surface area contributed by atoms with Crippen LogP contribution in [0.2, 0.25) is 0 Å². The van der Waals surface area contributed by atoms with Crippen molar-refractivity contribution in [2.24, 2.45) is 0 Å². The van der Waals surface area contributed by atoms with Crippen molar-refractivity contribution >= 4 is 13.3 Å². The van der Waals surface area contributed by atoms with Gasteiger partial charge in [0.1, 0.15) is 0 Å². The molecular weight excluding hydrogens is 155 g/mol. The Kier molecular flexibility index (Phi) is 3.33. The fourth-order valence-electron chi connectivity index (χ4n) is 0.242.